The van der Waals surface area contributed by atoms with E-state index in [9.17, 15) is 0 Å². The fourth-order valence-corrected chi connectivity index (χ4v) is 6.89. The largest absolute Gasteiger partial charge is 0.236 e. The molecule has 2 nitrogen and oxygen atoms in total. The van der Waals surface area contributed by atoms with E-state index in [4.69, 9.17) is 4.98 Å². The van der Waals surface area contributed by atoms with Gasteiger partial charge in [-0.25, -0.2) is 9.97 Å². The highest BCUT2D eigenvalue weighted by molar-refractivity contribution is 7.27. The second kappa shape index (κ2) is 6.59. The van der Waals surface area contributed by atoms with Crippen molar-refractivity contribution in [1.82, 2.24) is 9.97 Å². The van der Waals surface area contributed by atoms with E-state index in [1.54, 1.807) is 17.7 Å². The summed E-state index contributed by atoms with van der Waals surface area (Å²) in [7, 11) is 0. The standard InChI is InChI=1S/C27H22N2S2/c1-15-13-30-21-10-9-19-23-24(28-14-29-26(23)31-25(19)22(15)21)17-11-16-7-5-6-8-18(16)20(12-17)27(2,3)4/h5-14H,1-4H3. The van der Waals surface area contributed by atoms with Crippen molar-refractivity contribution in [1.29, 1.82) is 0 Å². The first-order chi connectivity index (χ1) is 14.9. The molecule has 3 aromatic carbocycles. The third-order valence-corrected chi connectivity index (χ3v) is 8.30. The average Bonchev–Trinajstić information content (AvgIpc) is 3.32. The maximum atomic E-state index is 4.82. The number of benzene rings is 3. The highest BCUT2D eigenvalue weighted by Crippen LogP contribution is 2.44. The Kier molecular flexibility index (Phi) is 4.02. The Morgan fingerprint density at radius 2 is 1.71 bits per heavy atom. The fraction of sp³-hybridized carbons (Fsp3) is 0.185. The summed E-state index contributed by atoms with van der Waals surface area (Å²) in [4.78, 5) is 10.5. The molecule has 0 fully saturated rings. The van der Waals surface area contributed by atoms with E-state index in [1.807, 2.05) is 11.3 Å². The van der Waals surface area contributed by atoms with Crippen LogP contribution in [0.3, 0.4) is 0 Å². The second-order valence-electron chi connectivity index (χ2n) is 9.23. The minimum atomic E-state index is 0.0401. The van der Waals surface area contributed by atoms with Crippen LogP contribution in [-0.4, -0.2) is 9.97 Å². The molecule has 0 amide bonds. The number of aromatic nitrogens is 2. The summed E-state index contributed by atoms with van der Waals surface area (Å²) in [5, 5.41) is 8.62. The Morgan fingerprint density at radius 1 is 0.871 bits per heavy atom. The molecule has 4 heteroatoms. The number of thiophene rings is 2. The van der Waals surface area contributed by atoms with Crippen molar-refractivity contribution < 1.29 is 0 Å². The van der Waals surface area contributed by atoms with E-state index in [2.05, 4.69) is 86.6 Å². The van der Waals surface area contributed by atoms with Crippen LogP contribution >= 0.6 is 22.7 Å². The van der Waals surface area contributed by atoms with Gasteiger partial charge < -0.3 is 0 Å². The van der Waals surface area contributed by atoms with E-state index in [0.29, 0.717) is 0 Å². The van der Waals surface area contributed by atoms with Crippen molar-refractivity contribution in [3.63, 3.8) is 0 Å². The molecule has 0 radical (unpaired) electrons. The Balaban J connectivity index is 1.73. The number of rotatable bonds is 1. The molecule has 0 aliphatic heterocycles. The summed E-state index contributed by atoms with van der Waals surface area (Å²) in [5.41, 5.74) is 4.92. The second-order valence-corrected chi connectivity index (χ2v) is 11.1. The Morgan fingerprint density at radius 3 is 2.55 bits per heavy atom. The number of hydrogen-bond acceptors (Lipinski definition) is 4. The van der Waals surface area contributed by atoms with Crippen molar-refractivity contribution in [3.05, 3.63) is 71.4 Å². The first-order valence-electron chi connectivity index (χ1n) is 10.5. The maximum Gasteiger partial charge on any atom is 0.128 e. The summed E-state index contributed by atoms with van der Waals surface area (Å²) in [6.45, 7) is 9.05. The summed E-state index contributed by atoms with van der Waals surface area (Å²) in [5.74, 6) is 0. The number of fused-ring (bicyclic) bond motifs is 6. The molecule has 0 atom stereocenters. The number of hydrogen-bond donors (Lipinski definition) is 0. The molecule has 0 aliphatic rings. The molecular formula is C27H22N2S2. The normalized spacial score (nSPS) is 12.5. The predicted octanol–water partition coefficient (Wildman–Crippen LogP) is 8.49. The topological polar surface area (TPSA) is 25.8 Å². The maximum absolute atomic E-state index is 4.82. The van der Waals surface area contributed by atoms with Gasteiger partial charge in [0, 0.05) is 31.1 Å². The van der Waals surface area contributed by atoms with Gasteiger partial charge in [-0.3, -0.25) is 0 Å². The van der Waals surface area contributed by atoms with Gasteiger partial charge in [0.2, 0.25) is 0 Å². The van der Waals surface area contributed by atoms with E-state index >= 15 is 0 Å². The molecule has 3 aromatic heterocycles. The Bertz CT molecular complexity index is 1630. The summed E-state index contributed by atoms with van der Waals surface area (Å²) < 4.78 is 2.66. The van der Waals surface area contributed by atoms with Gasteiger partial charge in [0.05, 0.1) is 5.69 Å². The van der Waals surface area contributed by atoms with E-state index in [0.717, 1.165) is 16.1 Å². The highest BCUT2D eigenvalue weighted by Gasteiger charge is 2.21. The Hall–Kier alpha value is -2.82. The van der Waals surface area contributed by atoms with Crippen LogP contribution in [0.5, 0.6) is 0 Å². The van der Waals surface area contributed by atoms with Crippen LogP contribution in [0, 0.1) is 6.92 Å². The van der Waals surface area contributed by atoms with Crippen LogP contribution in [0.25, 0.3) is 52.4 Å². The first kappa shape index (κ1) is 18.9. The molecule has 3 heterocycles. The number of aryl methyl sites for hydroxylation is 1. The molecule has 0 saturated carbocycles. The van der Waals surface area contributed by atoms with Gasteiger partial charge in [-0.15, -0.1) is 22.7 Å². The minimum Gasteiger partial charge on any atom is -0.236 e. The van der Waals surface area contributed by atoms with E-state index in [-0.39, 0.29) is 5.41 Å². The van der Waals surface area contributed by atoms with Crippen molar-refractivity contribution >= 4 is 63.8 Å². The van der Waals surface area contributed by atoms with Crippen LogP contribution in [0.15, 0.2) is 60.2 Å². The molecule has 0 spiro atoms. The quantitative estimate of drug-likeness (QED) is 0.257. The molecule has 0 unspecified atom stereocenters. The molecule has 0 aliphatic carbocycles. The Labute approximate surface area is 189 Å². The third kappa shape index (κ3) is 2.82. The van der Waals surface area contributed by atoms with Crippen molar-refractivity contribution in [2.45, 2.75) is 33.1 Å². The molecule has 6 aromatic rings. The molecule has 0 bridgehead atoms. The van der Waals surface area contributed by atoms with Gasteiger partial charge in [-0.05, 0) is 57.8 Å². The van der Waals surface area contributed by atoms with Gasteiger partial charge in [-0.2, -0.15) is 0 Å². The number of nitrogens with zero attached hydrogens (tertiary/aromatic N) is 2. The minimum absolute atomic E-state index is 0.0401. The molecular weight excluding hydrogens is 416 g/mol. The van der Waals surface area contributed by atoms with Crippen molar-refractivity contribution in [3.8, 4) is 11.3 Å². The van der Waals surface area contributed by atoms with Crippen LogP contribution in [0.1, 0.15) is 31.9 Å². The zero-order chi connectivity index (χ0) is 21.3. The lowest BCUT2D eigenvalue weighted by Crippen LogP contribution is -2.12. The van der Waals surface area contributed by atoms with E-state index in [1.165, 1.54) is 47.5 Å². The monoisotopic (exact) mass is 438 g/mol. The smallest absolute Gasteiger partial charge is 0.128 e. The van der Waals surface area contributed by atoms with Gasteiger partial charge in [0.25, 0.3) is 0 Å². The summed E-state index contributed by atoms with van der Waals surface area (Å²) >= 11 is 3.60. The zero-order valence-corrected chi connectivity index (χ0v) is 19.6. The molecule has 0 saturated heterocycles. The fourth-order valence-electron chi connectivity index (χ4n) is 4.62. The zero-order valence-electron chi connectivity index (χ0n) is 18.0. The van der Waals surface area contributed by atoms with Crippen molar-refractivity contribution in [2.24, 2.45) is 0 Å². The third-order valence-electron chi connectivity index (χ3n) is 6.10. The lowest BCUT2D eigenvalue weighted by Gasteiger charge is -2.22. The lowest BCUT2D eigenvalue weighted by molar-refractivity contribution is 0.596. The summed E-state index contributed by atoms with van der Waals surface area (Å²) in [6, 6.07) is 17.8. The van der Waals surface area contributed by atoms with Crippen molar-refractivity contribution in [2.75, 3.05) is 0 Å². The molecule has 152 valence electrons. The van der Waals surface area contributed by atoms with Crippen LogP contribution in [0.2, 0.25) is 0 Å². The highest BCUT2D eigenvalue weighted by atomic mass is 32.1. The lowest BCUT2D eigenvalue weighted by atomic mass is 9.82. The van der Waals surface area contributed by atoms with Gasteiger partial charge >= 0.3 is 0 Å². The van der Waals surface area contributed by atoms with Gasteiger partial charge in [-0.1, -0.05) is 51.1 Å². The first-order valence-corrected chi connectivity index (χ1v) is 12.2. The van der Waals surface area contributed by atoms with Crippen LogP contribution < -0.4 is 0 Å². The molecule has 31 heavy (non-hydrogen) atoms. The average molecular weight is 439 g/mol. The van der Waals surface area contributed by atoms with Crippen LogP contribution in [-0.2, 0) is 5.41 Å². The van der Waals surface area contributed by atoms with Gasteiger partial charge in [0.15, 0.2) is 0 Å². The van der Waals surface area contributed by atoms with E-state index < -0.39 is 0 Å². The van der Waals surface area contributed by atoms with Crippen LogP contribution in [0.4, 0.5) is 0 Å². The predicted molar refractivity (Wildman–Crippen MR) is 137 cm³/mol. The molecule has 0 N–H and O–H groups in total. The summed E-state index contributed by atoms with van der Waals surface area (Å²) in [6.07, 6.45) is 1.72. The van der Waals surface area contributed by atoms with Gasteiger partial charge in [0.1, 0.15) is 11.2 Å². The SMILES string of the molecule is Cc1csc2ccc3c(sc4ncnc(-c5cc(C(C)(C)C)c6ccccc6c5)c43)c12. The molecule has 6 rings (SSSR count).